The third-order valence-corrected chi connectivity index (χ3v) is 6.20. The Balaban J connectivity index is 2.00. The number of hydrogen-bond donors (Lipinski definition) is 1. The first-order chi connectivity index (χ1) is 14.7. The Morgan fingerprint density at radius 1 is 0.968 bits per heavy atom. The van der Waals surface area contributed by atoms with Gasteiger partial charge in [0, 0.05) is 21.7 Å². The number of nitrogens with one attached hydrogen (secondary N) is 1. The Morgan fingerprint density at radius 3 is 2.06 bits per heavy atom. The zero-order chi connectivity index (χ0) is 22.2. The summed E-state index contributed by atoms with van der Waals surface area (Å²) < 4.78 is 43.2. The van der Waals surface area contributed by atoms with Gasteiger partial charge in [-0.15, -0.1) is 0 Å². The van der Waals surface area contributed by atoms with E-state index < -0.39 is 9.71 Å². The molecule has 0 aliphatic heterocycles. The summed E-state index contributed by atoms with van der Waals surface area (Å²) in [6.07, 6.45) is 3.56. The topological polar surface area (TPSA) is 29.1 Å². The van der Waals surface area contributed by atoms with Crippen molar-refractivity contribution in [3.05, 3.63) is 100 Å². The van der Waals surface area contributed by atoms with E-state index >= 15 is 0 Å². The molecule has 1 aliphatic carbocycles. The molecule has 4 rings (SSSR count). The molecule has 3 aromatic rings. The van der Waals surface area contributed by atoms with Gasteiger partial charge in [-0.2, -0.15) is 0 Å². The van der Waals surface area contributed by atoms with Crippen LogP contribution < -0.4 is 4.72 Å². The predicted molar refractivity (Wildman–Crippen MR) is 128 cm³/mol. The molecule has 1 atom stereocenters. The Labute approximate surface area is 182 Å². The molecular formula is C26H25F2NOS. The molecule has 3 aromatic carbocycles. The highest BCUT2D eigenvalue weighted by Gasteiger charge is 2.22. The van der Waals surface area contributed by atoms with Crippen molar-refractivity contribution in [3.63, 3.8) is 0 Å². The van der Waals surface area contributed by atoms with Crippen LogP contribution >= 0.6 is 0 Å². The molecule has 0 bridgehead atoms. The summed E-state index contributed by atoms with van der Waals surface area (Å²) in [7, 11) is -2.41. The van der Waals surface area contributed by atoms with Crippen LogP contribution in [0.15, 0.2) is 60.7 Å². The maximum atomic E-state index is 14.0. The van der Waals surface area contributed by atoms with Crippen molar-refractivity contribution in [3.8, 4) is 0 Å². The van der Waals surface area contributed by atoms with Crippen LogP contribution in [-0.4, -0.2) is 16.3 Å². The molecule has 0 radical (unpaired) electrons. The van der Waals surface area contributed by atoms with Gasteiger partial charge >= 0.3 is 0 Å². The monoisotopic (exact) mass is 437 g/mol. The average molecular weight is 438 g/mol. The number of rotatable bonds is 4. The van der Waals surface area contributed by atoms with E-state index in [4.69, 9.17) is 0 Å². The van der Waals surface area contributed by atoms with Crippen LogP contribution in [0.2, 0.25) is 0 Å². The van der Waals surface area contributed by atoms with Gasteiger partial charge in [0.1, 0.15) is 11.6 Å². The van der Waals surface area contributed by atoms with Crippen molar-refractivity contribution in [1.29, 1.82) is 0 Å². The van der Waals surface area contributed by atoms with Gasteiger partial charge in [0.2, 0.25) is 0 Å². The van der Waals surface area contributed by atoms with E-state index in [1.54, 1.807) is 18.4 Å². The minimum atomic E-state index is -2.41. The van der Waals surface area contributed by atoms with Gasteiger partial charge in [0.05, 0.1) is 0 Å². The minimum absolute atomic E-state index is 0.271. The highest BCUT2D eigenvalue weighted by atomic mass is 32.2. The van der Waals surface area contributed by atoms with Crippen molar-refractivity contribution < 1.29 is 13.0 Å². The number of hydrogen-bond acceptors (Lipinski definition) is 1. The molecule has 1 unspecified atom stereocenters. The molecule has 5 heteroatoms. The van der Waals surface area contributed by atoms with Crippen molar-refractivity contribution in [2.75, 3.05) is 11.0 Å². The highest BCUT2D eigenvalue weighted by molar-refractivity contribution is 8.00. The summed E-state index contributed by atoms with van der Waals surface area (Å²) in [4.78, 5) is 0. The fourth-order valence-corrected chi connectivity index (χ4v) is 4.94. The Kier molecular flexibility index (Phi) is 5.71. The van der Waals surface area contributed by atoms with E-state index in [0.717, 1.165) is 51.1 Å². The molecule has 0 aromatic heterocycles. The molecule has 0 saturated heterocycles. The van der Waals surface area contributed by atoms with Gasteiger partial charge in [-0.1, -0.05) is 31.2 Å². The number of halogens is 2. The predicted octanol–water partition coefficient (Wildman–Crippen LogP) is 6.11. The van der Waals surface area contributed by atoms with E-state index in [0.29, 0.717) is 12.8 Å². The average Bonchev–Trinajstić information content (AvgIpc) is 2.84. The van der Waals surface area contributed by atoms with Gasteiger partial charge in [0.25, 0.3) is 0 Å². The van der Waals surface area contributed by atoms with Crippen LogP contribution in [0.25, 0.3) is 11.1 Å². The van der Waals surface area contributed by atoms with E-state index in [1.807, 2.05) is 36.4 Å². The standard InChI is InChI=1S/C26H25F2NOS/c1-4-23(17-6-5-7-22(16-17)29-31(2,3)30)26-24-12-10-20(27)14-18(24)8-9-19-15-21(28)11-13-25(19)26/h5-7,10-16H,2,4,8-9H2,1,3H3,(H,29,30). The summed E-state index contributed by atoms with van der Waals surface area (Å²) in [5.74, 6) is 3.13. The molecular weight excluding hydrogens is 412 g/mol. The fourth-order valence-electron chi connectivity index (χ4n) is 4.31. The normalized spacial score (nSPS) is 14.8. The van der Waals surface area contributed by atoms with Gasteiger partial charge in [-0.25, -0.2) is 13.0 Å². The first kappa shape index (κ1) is 21.3. The molecule has 0 saturated carbocycles. The first-order valence-corrected chi connectivity index (χ1v) is 12.4. The Hall–Kier alpha value is -2.92. The molecule has 0 amide bonds. The largest absolute Gasteiger partial charge is 0.313 e. The zero-order valence-electron chi connectivity index (χ0n) is 17.7. The second-order valence-electron chi connectivity index (χ2n) is 8.00. The Bertz CT molecular complexity index is 1240. The van der Waals surface area contributed by atoms with Crippen molar-refractivity contribution >= 4 is 32.4 Å². The molecule has 0 fully saturated rings. The van der Waals surface area contributed by atoms with Crippen LogP contribution in [0.4, 0.5) is 14.5 Å². The van der Waals surface area contributed by atoms with Crippen molar-refractivity contribution in [2.24, 2.45) is 0 Å². The lowest BCUT2D eigenvalue weighted by Gasteiger charge is -2.19. The smallest absolute Gasteiger partial charge is 0.123 e. The number of aryl methyl sites for hydroxylation is 2. The quantitative estimate of drug-likeness (QED) is 0.491. The molecule has 31 heavy (non-hydrogen) atoms. The summed E-state index contributed by atoms with van der Waals surface area (Å²) in [6.45, 7) is 2.07. The SMILES string of the molecule is C=S(C)(=O)Nc1cccc(C(CC)=C2c3ccc(F)cc3CCc3cc(F)ccc32)c1. The van der Waals surface area contributed by atoms with E-state index in [9.17, 15) is 13.0 Å². The first-order valence-electron chi connectivity index (χ1n) is 10.3. The van der Waals surface area contributed by atoms with Crippen LogP contribution in [0.3, 0.4) is 0 Å². The fraction of sp³-hybridized carbons (Fsp3) is 0.192. The van der Waals surface area contributed by atoms with Gasteiger partial charge in [0.15, 0.2) is 0 Å². The maximum absolute atomic E-state index is 14.0. The van der Waals surface area contributed by atoms with E-state index in [-0.39, 0.29) is 11.6 Å². The molecule has 0 spiro atoms. The molecule has 160 valence electrons. The molecule has 0 heterocycles. The van der Waals surface area contributed by atoms with Gasteiger partial charge in [-0.05, 0) is 100 Å². The Morgan fingerprint density at radius 2 is 1.55 bits per heavy atom. The lowest BCUT2D eigenvalue weighted by Crippen LogP contribution is -2.09. The third-order valence-electron chi connectivity index (χ3n) is 5.54. The zero-order valence-corrected chi connectivity index (χ0v) is 18.5. The summed E-state index contributed by atoms with van der Waals surface area (Å²) in [5.41, 5.74) is 7.53. The van der Waals surface area contributed by atoms with E-state index in [1.165, 1.54) is 12.1 Å². The molecule has 1 N–H and O–H groups in total. The molecule has 1 aliphatic rings. The summed E-state index contributed by atoms with van der Waals surface area (Å²) in [6, 6.07) is 17.5. The number of allylic oxidation sites excluding steroid dienone is 1. The lowest BCUT2D eigenvalue weighted by atomic mass is 9.86. The minimum Gasteiger partial charge on any atom is -0.313 e. The van der Waals surface area contributed by atoms with Crippen LogP contribution in [0.1, 0.15) is 41.2 Å². The van der Waals surface area contributed by atoms with Gasteiger partial charge in [-0.3, -0.25) is 0 Å². The maximum Gasteiger partial charge on any atom is 0.123 e. The number of fused-ring (bicyclic) bond motifs is 2. The molecule has 2 nitrogen and oxygen atoms in total. The second-order valence-corrected chi connectivity index (χ2v) is 10.2. The lowest BCUT2D eigenvalue weighted by molar-refractivity contribution is 0.623. The summed E-state index contributed by atoms with van der Waals surface area (Å²) in [5, 5.41) is 0. The van der Waals surface area contributed by atoms with Crippen molar-refractivity contribution in [2.45, 2.75) is 26.2 Å². The van der Waals surface area contributed by atoms with Crippen LogP contribution in [-0.2, 0) is 22.5 Å². The number of anilines is 1. The number of benzene rings is 3. The van der Waals surface area contributed by atoms with Gasteiger partial charge < -0.3 is 4.72 Å². The second kappa shape index (κ2) is 8.31. The van der Waals surface area contributed by atoms with E-state index in [2.05, 4.69) is 17.5 Å². The third kappa shape index (κ3) is 4.57. The van der Waals surface area contributed by atoms with Crippen LogP contribution in [0, 0.1) is 11.6 Å². The summed E-state index contributed by atoms with van der Waals surface area (Å²) >= 11 is 0. The van der Waals surface area contributed by atoms with Crippen molar-refractivity contribution in [1.82, 2.24) is 0 Å². The highest BCUT2D eigenvalue weighted by Crippen LogP contribution is 2.40. The van der Waals surface area contributed by atoms with Crippen LogP contribution in [0.5, 0.6) is 0 Å².